The molecule has 0 amide bonds. The van der Waals surface area contributed by atoms with E-state index in [0.717, 1.165) is 17.3 Å². The van der Waals surface area contributed by atoms with Crippen LogP contribution in [0.25, 0.3) is 0 Å². The number of aliphatic hydroxyl groups is 1. The van der Waals surface area contributed by atoms with Crippen molar-refractivity contribution < 1.29 is 13.5 Å². The average Bonchev–Trinajstić information content (AvgIpc) is 2.26. The molecule has 0 saturated carbocycles. The van der Waals surface area contributed by atoms with Gasteiger partial charge in [0.15, 0.2) is 0 Å². The van der Waals surface area contributed by atoms with Crippen molar-refractivity contribution in [2.45, 2.75) is 24.8 Å². The Balaban J connectivity index is 3.22. The standard InChI is InChI=1S/C12H16O3S2/c1-9-4-6-11(7-5-9)17(14,15)12(16-3)8-10(2)13/h4-8,10,13H,1-3H3/b12-8+/t10-/m0/s1. The number of benzene rings is 1. The van der Waals surface area contributed by atoms with Crippen molar-refractivity contribution in [3.63, 3.8) is 0 Å². The van der Waals surface area contributed by atoms with Crippen LogP contribution in [-0.4, -0.2) is 25.9 Å². The summed E-state index contributed by atoms with van der Waals surface area (Å²) in [6.45, 7) is 3.43. The first-order valence-electron chi connectivity index (χ1n) is 5.13. The third-order valence-corrected chi connectivity index (χ3v) is 5.43. The van der Waals surface area contributed by atoms with Gasteiger partial charge in [-0.2, -0.15) is 0 Å². The van der Waals surface area contributed by atoms with Gasteiger partial charge in [0, 0.05) is 0 Å². The lowest BCUT2D eigenvalue weighted by Crippen LogP contribution is -2.05. The van der Waals surface area contributed by atoms with Gasteiger partial charge in [-0.05, 0) is 38.3 Å². The molecule has 0 aliphatic rings. The molecule has 94 valence electrons. The molecular formula is C12H16O3S2. The van der Waals surface area contributed by atoms with E-state index in [1.807, 2.05) is 6.92 Å². The molecule has 0 spiro atoms. The van der Waals surface area contributed by atoms with E-state index in [1.54, 1.807) is 30.5 Å². The van der Waals surface area contributed by atoms with Gasteiger partial charge in [-0.3, -0.25) is 0 Å². The number of rotatable bonds is 4. The second-order valence-electron chi connectivity index (χ2n) is 3.75. The van der Waals surface area contributed by atoms with Crippen LogP contribution >= 0.6 is 11.8 Å². The minimum Gasteiger partial charge on any atom is -0.389 e. The zero-order chi connectivity index (χ0) is 13.1. The molecule has 17 heavy (non-hydrogen) atoms. The molecule has 1 N–H and O–H groups in total. The van der Waals surface area contributed by atoms with Crippen LogP contribution in [0.3, 0.4) is 0 Å². The van der Waals surface area contributed by atoms with E-state index in [2.05, 4.69) is 0 Å². The Labute approximate surface area is 106 Å². The number of thioether (sulfide) groups is 1. The van der Waals surface area contributed by atoms with E-state index in [-0.39, 0.29) is 9.13 Å². The van der Waals surface area contributed by atoms with E-state index in [1.165, 1.54) is 13.0 Å². The van der Waals surface area contributed by atoms with Crippen LogP contribution in [0.5, 0.6) is 0 Å². The van der Waals surface area contributed by atoms with Gasteiger partial charge in [-0.25, -0.2) is 8.42 Å². The SMILES string of the molecule is CS/C(=C\[C@H](C)O)S(=O)(=O)c1ccc(C)cc1. The second kappa shape index (κ2) is 5.71. The smallest absolute Gasteiger partial charge is 0.212 e. The minimum atomic E-state index is -3.50. The molecule has 0 fully saturated rings. The third-order valence-electron chi connectivity index (χ3n) is 2.17. The zero-order valence-corrected chi connectivity index (χ0v) is 11.7. The van der Waals surface area contributed by atoms with Crippen LogP contribution in [0.4, 0.5) is 0 Å². The summed E-state index contributed by atoms with van der Waals surface area (Å²) in [4.78, 5) is 0.254. The maximum atomic E-state index is 12.2. The Morgan fingerprint density at radius 2 is 1.88 bits per heavy atom. The van der Waals surface area contributed by atoms with Crippen LogP contribution in [-0.2, 0) is 9.84 Å². The predicted octanol–water partition coefficient (Wildman–Crippen LogP) is 2.35. The summed E-state index contributed by atoms with van der Waals surface area (Å²) in [5, 5.41) is 9.25. The highest BCUT2D eigenvalue weighted by atomic mass is 32.3. The summed E-state index contributed by atoms with van der Waals surface area (Å²) < 4.78 is 24.6. The Kier molecular flexibility index (Phi) is 4.80. The highest BCUT2D eigenvalue weighted by Crippen LogP contribution is 2.27. The molecule has 1 aromatic rings. The van der Waals surface area contributed by atoms with E-state index in [9.17, 15) is 13.5 Å². The average molecular weight is 272 g/mol. The van der Waals surface area contributed by atoms with Crippen molar-refractivity contribution in [2.24, 2.45) is 0 Å². The lowest BCUT2D eigenvalue weighted by Gasteiger charge is -2.08. The maximum Gasteiger partial charge on any atom is 0.212 e. The quantitative estimate of drug-likeness (QED) is 0.914. The molecular weight excluding hydrogens is 256 g/mol. The number of hydrogen-bond acceptors (Lipinski definition) is 4. The maximum absolute atomic E-state index is 12.2. The molecule has 0 aliphatic carbocycles. The second-order valence-corrected chi connectivity index (χ2v) is 6.77. The van der Waals surface area contributed by atoms with Gasteiger partial charge < -0.3 is 5.11 Å². The van der Waals surface area contributed by atoms with Gasteiger partial charge in [0.2, 0.25) is 9.84 Å². The normalized spacial score (nSPS) is 14.7. The fraction of sp³-hybridized carbons (Fsp3) is 0.333. The Bertz CT molecular complexity index is 499. The van der Waals surface area contributed by atoms with Gasteiger partial charge in [-0.1, -0.05) is 17.7 Å². The number of aryl methyl sites for hydroxylation is 1. The van der Waals surface area contributed by atoms with Crippen molar-refractivity contribution >= 4 is 21.6 Å². The monoisotopic (exact) mass is 272 g/mol. The molecule has 5 heteroatoms. The molecule has 0 bridgehead atoms. The molecule has 1 atom stereocenters. The van der Waals surface area contributed by atoms with Crippen LogP contribution < -0.4 is 0 Å². The number of hydrogen-bond donors (Lipinski definition) is 1. The van der Waals surface area contributed by atoms with Gasteiger partial charge in [0.25, 0.3) is 0 Å². The van der Waals surface area contributed by atoms with Crippen LogP contribution in [0.2, 0.25) is 0 Å². The third kappa shape index (κ3) is 3.59. The highest BCUT2D eigenvalue weighted by Gasteiger charge is 2.20. The highest BCUT2D eigenvalue weighted by molar-refractivity contribution is 8.18. The summed E-state index contributed by atoms with van der Waals surface area (Å²) >= 11 is 1.12. The molecule has 0 aromatic heterocycles. The van der Waals surface area contributed by atoms with Crippen LogP contribution in [0.15, 0.2) is 39.5 Å². The van der Waals surface area contributed by atoms with E-state index >= 15 is 0 Å². The first-order chi connectivity index (χ1) is 7.87. The molecule has 0 radical (unpaired) electrons. The van der Waals surface area contributed by atoms with E-state index in [0.29, 0.717) is 0 Å². The summed E-state index contributed by atoms with van der Waals surface area (Å²) in [5.41, 5.74) is 1.01. The number of aliphatic hydroxyl groups excluding tert-OH is 1. The Morgan fingerprint density at radius 1 is 1.35 bits per heavy atom. The Morgan fingerprint density at radius 3 is 2.29 bits per heavy atom. The summed E-state index contributed by atoms with van der Waals surface area (Å²) in [5.74, 6) is 0. The van der Waals surface area contributed by atoms with Crippen molar-refractivity contribution in [1.29, 1.82) is 0 Å². The molecule has 0 unspecified atom stereocenters. The lowest BCUT2D eigenvalue weighted by atomic mass is 10.2. The van der Waals surface area contributed by atoms with Gasteiger partial charge >= 0.3 is 0 Å². The fourth-order valence-corrected chi connectivity index (χ4v) is 3.90. The van der Waals surface area contributed by atoms with Crippen LogP contribution in [0.1, 0.15) is 12.5 Å². The summed E-state index contributed by atoms with van der Waals surface area (Å²) in [6.07, 6.45) is 2.25. The zero-order valence-electron chi connectivity index (χ0n) is 10.0. The fourth-order valence-electron chi connectivity index (χ4n) is 1.30. The van der Waals surface area contributed by atoms with Crippen molar-refractivity contribution in [1.82, 2.24) is 0 Å². The molecule has 0 aliphatic heterocycles. The van der Waals surface area contributed by atoms with Crippen molar-refractivity contribution in [3.8, 4) is 0 Å². The van der Waals surface area contributed by atoms with Crippen LogP contribution in [0, 0.1) is 6.92 Å². The van der Waals surface area contributed by atoms with Crippen molar-refractivity contribution in [2.75, 3.05) is 6.26 Å². The summed E-state index contributed by atoms with van der Waals surface area (Å²) in [6, 6.07) is 6.67. The molecule has 0 saturated heterocycles. The van der Waals surface area contributed by atoms with Crippen molar-refractivity contribution in [3.05, 3.63) is 40.1 Å². The first kappa shape index (κ1) is 14.3. The van der Waals surface area contributed by atoms with Gasteiger partial charge in [-0.15, -0.1) is 11.8 Å². The minimum absolute atomic E-state index is 0.177. The number of sulfone groups is 1. The molecule has 3 nitrogen and oxygen atoms in total. The Hall–Kier alpha value is -0.780. The lowest BCUT2D eigenvalue weighted by molar-refractivity contribution is 0.244. The molecule has 0 heterocycles. The molecule has 1 rings (SSSR count). The largest absolute Gasteiger partial charge is 0.389 e. The topological polar surface area (TPSA) is 54.4 Å². The van der Waals surface area contributed by atoms with E-state index < -0.39 is 15.9 Å². The van der Waals surface area contributed by atoms with Gasteiger partial charge in [0.05, 0.1) is 11.0 Å². The van der Waals surface area contributed by atoms with E-state index in [4.69, 9.17) is 0 Å². The van der Waals surface area contributed by atoms with Gasteiger partial charge in [0.1, 0.15) is 4.24 Å². The summed E-state index contributed by atoms with van der Waals surface area (Å²) in [7, 11) is -3.50. The first-order valence-corrected chi connectivity index (χ1v) is 7.84. The predicted molar refractivity (Wildman–Crippen MR) is 71.6 cm³/mol. The molecule has 1 aromatic carbocycles.